The van der Waals surface area contributed by atoms with Crippen molar-refractivity contribution in [3.63, 3.8) is 0 Å². The first-order valence-corrected chi connectivity index (χ1v) is 14.2. The predicted molar refractivity (Wildman–Crippen MR) is 144 cm³/mol. The molecule has 2 aromatic heterocycles. The molecule has 3 aliphatic rings. The van der Waals surface area contributed by atoms with E-state index in [0.717, 1.165) is 63.4 Å². The molecule has 2 aromatic rings. The molecule has 11 heteroatoms. The summed E-state index contributed by atoms with van der Waals surface area (Å²) in [5.74, 6) is 3.79. The van der Waals surface area contributed by atoms with Gasteiger partial charge in [0.2, 0.25) is 11.8 Å². The number of likely N-dealkylation sites (tertiary alicyclic amines) is 1. The highest BCUT2D eigenvalue weighted by atomic mass is 16.5. The molecule has 0 aliphatic carbocycles. The van der Waals surface area contributed by atoms with Crippen LogP contribution >= 0.6 is 0 Å². The molecule has 3 aliphatic heterocycles. The molecule has 3 fully saturated rings. The minimum absolute atomic E-state index is 0.0402. The van der Waals surface area contributed by atoms with Crippen LogP contribution in [0.5, 0.6) is 5.88 Å². The van der Waals surface area contributed by atoms with Gasteiger partial charge in [0.25, 0.3) is 0 Å². The first kappa shape index (κ1) is 26.6. The Hall–Kier alpha value is -2.95. The Morgan fingerprint density at radius 2 is 1.89 bits per heavy atom. The second kappa shape index (κ2) is 11.8. The molecule has 5 heterocycles. The highest BCUT2D eigenvalue weighted by Crippen LogP contribution is 2.30. The first-order valence-electron chi connectivity index (χ1n) is 14.2. The molecular formula is C27H42N8O3. The van der Waals surface area contributed by atoms with Crippen LogP contribution in [0.4, 0.5) is 11.8 Å². The molecule has 0 bridgehead atoms. The topological polar surface area (TPSA) is 127 Å². The maximum atomic E-state index is 12.4. The lowest BCUT2D eigenvalue weighted by Crippen LogP contribution is -2.51. The Kier molecular flexibility index (Phi) is 8.30. The summed E-state index contributed by atoms with van der Waals surface area (Å²) < 4.78 is 11.4. The van der Waals surface area contributed by atoms with E-state index in [1.54, 1.807) is 0 Å². The van der Waals surface area contributed by atoms with Crippen LogP contribution in [0.25, 0.3) is 0 Å². The number of amides is 1. The number of hydrogen-bond donors (Lipinski definition) is 1. The number of carbonyl (C=O) groups is 1. The number of anilines is 2. The van der Waals surface area contributed by atoms with Gasteiger partial charge >= 0.3 is 6.01 Å². The molecule has 0 radical (unpaired) electrons. The summed E-state index contributed by atoms with van der Waals surface area (Å²) in [6.07, 6.45) is 5.85. The average Bonchev–Trinajstić information content (AvgIpc) is 3.57. The minimum atomic E-state index is -0.0762. The molecule has 0 saturated carbocycles. The molecule has 0 aromatic carbocycles. The molecule has 38 heavy (non-hydrogen) atoms. The van der Waals surface area contributed by atoms with Crippen molar-refractivity contribution >= 4 is 17.7 Å². The SMILES string of the molecule is CC(C)c1noc(N2CCC([C@H](C)CCOc3ccc(N4CC(N5CCCCC5=O)[C@@H](N)C4)nn3)CC2)n1. The summed E-state index contributed by atoms with van der Waals surface area (Å²) in [5.41, 5.74) is 6.41. The maximum Gasteiger partial charge on any atom is 0.324 e. The number of piperidine rings is 2. The molecule has 1 amide bonds. The fourth-order valence-electron chi connectivity index (χ4n) is 5.90. The smallest absolute Gasteiger partial charge is 0.324 e. The first-order chi connectivity index (χ1) is 18.4. The Balaban J connectivity index is 1.04. The van der Waals surface area contributed by atoms with Crippen molar-refractivity contribution in [3.8, 4) is 5.88 Å². The lowest BCUT2D eigenvalue weighted by atomic mass is 9.84. The van der Waals surface area contributed by atoms with Crippen LogP contribution in [0.15, 0.2) is 16.7 Å². The van der Waals surface area contributed by atoms with Gasteiger partial charge in [-0.1, -0.05) is 25.9 Å². The summed E-state index contributed by atoms with van der Waals surface area (Å²) >= 11 is 0. The van der Waals surface area contributed by atoms with Gasteiger partial charge < -0.3 is 29.7 Å². The maximum absolute atomic E-state index is 12.4. The fraction of sp³-hybridized carbons (Fsp3) is 0.741. The van der Waals surface area contributed by atoms with E-state index in [2.05, 4.69) is 50.9 Å². The van der Waals surface area contributed by atoms with E-state index in [1.807, 2.05) is 17.0 Å². The van der Waals surface area contributed by atoms with E-state index in [0.29, 0.717) is 49.8 Å². The number of ether oxygens (including phenoxy) is 1. The van der Waals surface area contributed by atoms with Crippen molar-refractivity contribution in [1.82, 2.24) is 25.2 Å². The second-order valence-electron chi connectivity index (χ2n) is 11.4. The standard InChI is InChI=1S/C27H42N8O3/c1-18(2)26-29-27(38-32-26)33-13-9-20(10-14-33)19(3)11-15-37-24-8-7-23(30-31-24)34-16-21(28)22(17-34)35-12-5-4-6-25(35)36/h7-8,18-22H,4-6,9-17,28H2,1-3H3/t19-,21+,22?/m1/s1. The minimum Gasteiger partial charge on any atom is -0.477 e. The van der Waals surface area contributed by atoms with Gasteiger partial charge in [-0.05, 0) is 50.0 Å². The molecule has 5 rings (SSSR count). The number of hydrogen-bond acceptors (Lipinski definition) is 10. The van der Waals surface area contributed by atoms with Crippen molar-refractivity contribution in [2.75, 3.05) is 49.1 Å². The van der Waals surface area contributed by atoms with Crippen molar-refractivity contribution in [1.29, 1.82) is 0 Å². The quantitative estimate of drug-likeness (QED) is 0.521. The van der Waals surface area contributed by atoms with E-state index in [1.165, 1.54) is 0 Å². The third-order valence-electron chi connectivity index (χ3n) is 8.43. The monoisotopic (exact) mass is 526 g/mol. The molecule has 208 valence electrons. The van der Waals surface area contributed by atoms with Gasteiger partial charge in [-0.2, -0.15) is 4.98 Å². The van der Waals surface area contributed by atoms with Crippen molar-refractivity contribution < 1.29 is 14.1 Å². The van der Waals surface area contributed by atoms with Crippen LogP contribution in [-0.2, 0) is 4.79 Å². The third kappa shape index (κ3) is 6.03. The van der Waals surface area contributed by atoms with Crippen LogP contribution in [-0.4, -0.2) is 82.6 Å². The van der Waals surface area contributed by atoms with Crippen LogP contribution in [0.1, 0.15) is 71.0 Å². The third-order valence-corrected chi connectivity index (χ3v) is 8.43. The summed E-state index contributed by atoms with van der Waals surface area (Å²) in [5, 5.41) is 12.8. The van der Waals surface area contributed by atoms with Crippen molar-refractivity contribution in [3.05, 3.63) is 18.0 Å². The Labute approximate surface area is 225 Å². The lowest BCUT2D eigenvalue weighted by molar-refractivity contribution is -0.135. The zero-order chi connectivity index (χ0) is 26.6. The fourth-order valence-corrected chi connectivity index (χ4v) is 5.90. The van der Waals surface area contributed by atoms with E-state index < -0.39 is 0 Å². The summed E-state index contributed by atoms with van der Waals surface area (Å²) in [4.78, 5) is 23.2. The van der Waals surface area contributed by atoms with E-state index in [4.69, 9.17) is 15.0 Å². The number of nitrogens with two attached hydrogens (primary N) is 1. The molecule has 11 nitrogen and oxygen atoms in total. The molecular weight excluding hydrogens is 484 g/mol. The molecule has 3 atom stereocenters. The van der Waals surface area contributed by atoms with Crippen LogP contribution in [0.3, 0.4) is 0 Å². The largest absolute Gasteiger partial charge is 0.477 e. The number of rotatable bonds is 9. The molecule has 3 saturated heterocycles. The van der Waals surface area contributed by atoms with Crippen molar-refractivity contribution in [2.24, 2.45) is 17.6 Å². The van der Waals surface area contributed by atoms with Gasteiger partial charge in [0.1, 0.15) is 0 Å². The number of aromatic nitrogens is 4. The molecule has 0 spiro atoms. The Morgan fingerprint density at radius 3 is 2.58 bits per heavy atom. The second-order valence-corrected chi connectivity index (χ2v) is 11.4. The zero-order valence-corrected chi connectivity index (χ0v) is 23.0. The van der Waals surface area contributed by atoms with Gasteiger partial charge in [-0.25, -0.2) is 0 Å². The number of nitrogens with zero attached hydrogens (tertiary/aromatic N) is 7. The normalized spacial score (nSPS) is 23.9. The zero-order valence-electron chi connectivity index (χ0n) is 23.0. The van der Waals surface area contributed by atoms with Crippen LogP contribution in [0.2, 0.25) is 0 Å². The summed E-state index contributed by atoms with van der Waals surface area (Å²) in [6.45, 7) is 11.1. The van der Waals surface area contributed by atoms with Gasteiger partial charge in [0, 0.05) is 57.2 Å². The van der Waals surface area contributed by atoms with E-state index in [-0.39, 0.29) is 23.9 Å². The van der Waals surface area contributed by atoms with Crippen molar-refractivity contribution in [2.45, 2.75) is 77.3 Å². The lowest BCUT2D eigenvalue weighted by Gasteiger charge is -2.34. The van der Waals surface area contributed by atoms with Crippen LogP contribution < -0.4 is 20.3 Å². The summed E-state index contributed by atoms with van der Waals surface area (Å²) in [6, 6.07) is 4.44. The Bertz CT molecular complexity index is 1050. The van der Waals surface area contributed by atoms with E-state index in [9.17, 15) is 4.79 Å². The van der Waals surface area contributed by atoms with Gasteiger partial charge in [0.05, 0.1) is 12.6 Å². The Morgan fingerprint density at radius 1 is 1.08 bits per heavy atom. The predicted octanol–water partition coefficient (Wildman–Crippen LogP) is 2.83. The van der Waals surface area contributed by atoms with Crippen LogP contribution in [0, 0.1) is 11.8 Å². The van der Waals surface area contributed by atoms with Gasteiger partial charge in [-0.3, -0.25) is 4.79 Å². The van der Waals surface area contributed by atoms with Gasteiger partial charge in [0.15, 0.2) is 11.6 Å². The molecule has 1 unspecified atom stereocenters. The molecule has 2 N–H and O–H groups in total. The number of carbonyl (C=O) groups excluding carboxylic acids is 1. The average molecular weight is 527 g/mol. The van der Waals surface area contributed by atoms with E-state index >= 15 is 0 Å². The highest BCUT2D eigenvalue weighted by Gasteiger charge is 2.38. The summed E-state index contributed by atoms with van der Waals surface area (Å²) in [7, 11) is 0. The highest BCUT2D eigenvalue weighted by molar-refractivity contribution is 5.77. The van der Waals surface area contributed by atoms with Gasteiger partial charge in [-0.15, -0.1) is 10.2 Å².